The molecule has 18 heavy (non-hydrogen) atoms. The molecule has 0 saturated heterocycles. The molecule has 0 spiro atoms. The molecule has 0 atom stereocenters. The van der Waals surface area contributed by atoms with Gasteiger partial charge in [0.15, 0.2) is 5.78 Å². The molecule has 0 heterocycles. The maximum absolute atomic E-state index is 12.1. The van der Waals surface area contributed by atoms with E-state index in [0.717, 1.165) is 0 Å². The number of hydroxylamine groups is 1. The highest BCUT2D eigenvalue weighted by Gasteiger charge is 2.10. The van der Waals surface area contributed by atoms with Crippen molar-refractivity contribution in [2.45, 2.75) is 0 Å². The second-order valence-electron chi connectivity index (χ2n) is 3.17. The average Bonchev–Trinajstić information content (AvgIpc) is 2.39. The van der Waals surface area contributed by atoms with Gasteiger partial charge in [-0.05, 0) is 24.3 Å². The molecule has 96 valence electrons. The molecule has 0 saturated carbocycles. The number of hydrogen-bond acceptors (Lipinski definition) is 5. The summed E-state index contributed by atoms with van der Waals surface area (Å²) in [6.07, 6.45) is 2.68. The van der Waals surface area contributed by atoms with Gasteiger partial charge in [0.25, 0.3) is 0 Å². The lowest BCUT2D eigenvalue weighted by atomic mass is 10.1. The first-order chi connectivity index (χ1) is 8.69. The number of carbonyl (C=O) groups excluding carboxylic acids is 1. The number of nitrogens with zero attached hydrogens (tertiary/aromatic N) is 1. The third-order valence-electron chi connectivity index (χ3n) is 2.00. The van der Waals surface area contributed by atoms with Crippen LogP contribution in [0.1, 0.15) is 10.4 Å². The number of allylic oxidation sites excluding steroid dienone is 1. The minimum absolute atomic E-state index is 0.225. The van der Waals surface area contributed by atoms with Crippen LogP contribution >= 0.6 is 11.6 Å². The van der Waals surface area contributed by atoms with Crippen molar-refractivity contribution in [1.82, 2.24) is 5.48 Å². The van der Waals surface area contributed by atoms with Crippen LogP contribution in [0.5, 0.6) is 0 Å². The maximum Gasteiger partial charge on any atom is 0.196 e. The van der Waals surface area contributed by atoms with E-state index in [1.807, 2.05) is 0 Å². The van der Waals surface area contributed by atoms with E-state index in [4.69, 9.17) is 11.6 Å². The van der Waals surface area contributed by atoms with Crippen molar-refractivity contribution in [2.24, 2.45) is 5.16 Å². The normalized spacial score (nSPS) is 11.6. The van der Waals surface area contributed by atoms with Gasteiger partial charge in [-0.1, -0.05) is 16.8 Å². The average molecular weight is 269 g/mol. The Hall–Kier alpha value is -1.85. The van der Waals surface area contributed by atoms with E-state index in [1.54, 1.807) is 24.3 Å². The number of oxime groups is 1. The molecule has 0 radical (unpaired) electrons. The minimum atomic E-state index is -0.225. The van der Waals surface area contributed by atoms with Gasteiger partial charge in [0.1, 0.15) is 7.11 Å². The van der Waals surface area contributed by atoms with Gasteiger partial charge in [-0.25, -0.2) is 0 Å². The summed E-state index contributed by atoms with van der Waals surface area (Å²) >= 11 is 5.76. The van der Waals surface area contributed by atoms with Crippen LogP contribution < -0.4 is 5.48 Å². The van der Waals surface area contributed by atoms with Gasteiger partial charge in [0, 0.05) is 16.8 Å². The van der Waals surface area contributed by atoms with Gasteiger partial charge in [-0.15, -0.1) is 0 Å². The Morgan fingerprint density at radius 2 is 2.00 bits per heavy atom. The Bertz CT molecular complexity index is 455. The lowest BCUT2D eigenvalue weighted by Gasteiger charge is -2.02. The van der Waals surface area contributed by atoms with E-state index >= 15 is 0 Å². The molecule has 0 unspecified atom stereocenters. The predicted octanol–water partition coefficient (Wildman–Crippen LogP) is 2.19. The Balaban J connectivity index is 2.94. The highest BCUT2D eigenvalue weighted by atomic mass is 35.5. The van der Waals surface area contributed by atoms with Gasteiger partial charge in [0.05, 0.1) is 18.9 Å². The van der Waals surface area contributed by atoms with Crippen molar-refractivity contribution >= 4 is 23.6 Å². The molecule has 0 bridgehead atoms. The van der Waals surface area contributed by atoms with Crippen molar-refractivity contribution < 1.29 is 14.5 Å². The number of hydrogen-bond donors (Lipinski definition) is 1. The van der Waals surface area contributed by atoms with E-state index in [1.165, 1.54) is 26.6 Å². The topological polar surface area (TPSA) is 59.9 Å². The van der Waals surface area contributed by atoms with Crippen LogP contribution in [0.15, 0.2) is 41.2 Å². The molecular formula is C12H13ClN2O3. The van der Waals surface area contributed by atoms with Crippen molar-refractivity contribution in [1.29, 1.82) is 0 Å². The fraction of sp³-hybridized carbons (Fsp3) is 0.167. The molecule has 0 aliphatic heterocycles. The van der Waals surface area contributed by atoms with Gasteiger partial charge < -0.3 is 4.84 Å². The summed E-state index contributed by atoms with van der Waals surface area (Å²) in [5.74, 6) is -0.225. The number of carbonyl (C=O) groups is 1. The first-order valence-corrected chi connectivity index (χ1v) is 5.42. The molecule has 5 nitrogen and oxygen atoms in total. The summed E-state index contributed by atoms with van der Waals surface area (Å²) in [6.45, 7) is 0. The quantitative estimate of drug-likeness (QED) is 0.372. The summed E-state index contributed by atoms with van der Waals surface area (Å²) in [4.78, 5) is 21.3. The highest BCUT2D eigenvalue weighted by Crippen LogP contribution is 2.12. The van der Waals surface area contributed by atoms with Crippen molar-refractivity contribution in [3.05, 3.63) is 46.6 Å². The lowest BCUT2D eigenvalue weighted by Crippen LogP contribution is -2.11. The zero-order chi connectivity index (χ0) is 13.4. The maximum atomic E-state index is 12.1. The molecule has 6 heteroatoms. The minimum Gasteiger partial charge on any atom is -0.399 e. The Morgan fingerprint density at radius 3 is 2.56 bits per heavy atom. The van der Waals surface area contributed by atoms with E-state index in [-0.39, 0.29) is 5.78 Å². The largest absolute Gasteiger partial charge is 0.399 e. The van der Waals surface area contributed by atoms with Crippen molar-refractivity contribution in [2.75, 3.05) is 14.2 Å². The smallest absolute Gasteiger partial charge is 0.196 e. The first-order valence-electron chi connectivity index (χ1n) is 5.04. The number of halogens is 1. The molecule has 0 aliphatic rings. The van der Waals surface area contributed by atoms with Crippen LogP contribution in [0.3, 0.4) is 0 Å². The number of rotatable bonds is 6. The zero-order valence-corrected chi connectivity index (χ0v) is 10.8. The Morgan fingerprint density at radius 1 is 1.33 bits per heavy atom. The molecule has 0 fully saturated rings. The molecule has 1 rings (SSSR count). The molecular weight excluding hydrogens is 256 g/mol. The number of benzene rings is 1. The molecule has 0 aliphatic carbocycles. The zero-order valence-electron chi connectivity index (χ0n) is 10.0. The van der Waals surface area contributed by atoms with Gasteiger partial charge in [-0.3, -0.25) is 15.1 Å². The lowest BCUT2D eigenvalue weighted by molar-refractivity contribution is 0.102. The van der Waals surface area contributed by atoms with Gasteiger partial charge in [0.2, 0.25) is 0 Å². The fourth-order valence-electron chi connectivity index (χ4n) is 1.16. The fourth-order valence-corrected chi connectivity index (χ4v) is 1.29. The second kappa shape index (κ2) is 7.47. The summed E-state index contributed by atoms with van der Waals surface area (Å²) in [6, 6.07) is 6.55. The van der Waals surface area contributed by atoms with E-state index in [0.29, 0.717) is 16.2 Å². The number of nitrogens with one attached hydrogen (secondary N) is 1. The van der Waals surface area contributed by atoms with Crippen LogP contribution in [-0.2, 0) is 9.68 Å². The third-order valence-corrected chi connectivity index (χ3v) is 2.25. The van der Waals surface area contributed by atoms with E-state index in [2.05, 4.69) is 20.3 Å². The van der Waals surface area contributed by atoms with Crippen LogP contribution in [0.4, 0.5) is 0 Å². The van der Waals surface area contributed by atoms with Crippen LogP contribution in [0.25, 0.3) is 0 Å². The summed E-state index contributed by atoms with van der Waals surface area (Å²) in [7, 11) is 2.83. The molecule has 1 aromatic carbocycles. The standard InChI is InChI=1S/C12H13ClN2O3/c1-17-14-7-10(8-15-18-2)12(16)9-3-5-11(13)6-4-9/h3-8,14H,1-2H3. The highest BCUT2D eigenvalue weighted by molar-refractivity contribution is 6.30. The van der Waals surface area contributed by atoms with E-state index in [9.17, 15) is 4.79 Å². The third kappa shape index (κ3) is 4.20. The molecule has 0 aromatic heterocycles. The van der Waals surface area contributed by atoms with Crippen molar-refractivity contribution in [3.8, 4) is 0 Å². The Labute approximate surface area is 110 Å². The van der Waals surface area contributed by atoms with Crippen LogP contribution in [0, 0.1) is 0 Å². The van der Waals surface area contributed by atoms with Gasteiger partial charge in [-0.2, -0.15) is 0 Å². The number of ketones is 1. The first kappa shape index (κ1) is 14.2. The van der Waals surface area contributed by atoms with E-state index < -0.39 is 0 Å². The van der Waals surface area contributed by atoms with Crippen LogP contribution in [-0.4, -0.2) is 26.2 Å². The second-order valence-corrected chi connectivity index (χ2v) is 3.61. The molecule has 1 aromatic rings. The SMILES string of the molecule is CON=CC(=CNOC)C(=O)c1ccc(Cl)cc1. The summed E-state index contributed by atoms with van der Waals surface area (Å²) < 4.78 is 0. The van der Waals surface area contributed by atoms with Crippen LogP contribution in [0.2, 0.25) is 5.02 Å². The summed E-state index contributed by atoms with van der Waals surface area (Å²) in [5.41, 5.74) is 3.25. The molecule has 1 N–H and O–H groups in total. The van der Waals surface area contributed by atoms with Gasteiger partial charge >= 0.3 is 0 Å². The summed E-state index contributed by atoms with van der Waals surface area (Å²) in [5, 5.41) is 4.12. The molecule has 0 amide bonds. The number of Topliss-reactive ketones (excluding diaryl/α,β-unsaturated/α-hetero) is 1. The monoisotopic (exact) mass is 268 g/mol. The Kier molecular flexibility index (Phi) is 5.90. The van der Waals surface area contributed by atoms with Crippen molar-refractivity contribution in [3.63, 3.8) is 0 Å². The predicted molar refractivity (Wildman–Crippen MR) is 69.5 cm³/mol.